The van der Waals surface area contributed by atoms with Crippen molar-refractivity contribution < 1.29 is 10.2 Å². The van der Waals surface area contributed by atoms with Gasteiger partial charge in [-0.15, -0.1) is 0 Å². The monoisotopic (exact) mass is 264 g/mol. The minimum atomic E-state index is -0.596. The molecule has 0 spiro atoms. The molecule has 1 aromatic rings. The molecular weight excluding hydrogens is 240 g/mol. The summed E-state index contributed by atoms with van der Waals surface area (Å²) >= 11 is 0. The number of aliphatic hydroxyl groups excluding tert-OH is 1. The number of likely N-dealkylation sites (N-methyl/N-ethyl adjacent to an activating group) is 1. The maximum atomic E-state index is 10.5. The van der Waals surface area contributed by atoms with Crippen molar-refractivity contribution in [1.29, 1.82) is 0 Å². The fourth-order valence-electron chi connectivity index (χ4n) is 3.06. The topological polar surface area (TPSA) is 56.6 Å². The van der Waals surface area contributed by atoms with Crippen LogP contribution in [0.25, 0.3) is 0 Å². The van der Waals surface area contributed by atoms with Gasteiger partial charge in [0.2, 0.25) is 0 Å². The Hall–Kier alpha value is -1.13. The lowest BCUT2D eigenvalue weighted by Gasteiger charge is -2.30. The van der Waals surface area contributed by atoms with E-state index in [1.54, 1.807) is 0 Å². The molecule has 1 aliphatic carbocycles. The fraction of sp³-hybridized carbons (Fsp3) is 0.667. The van der Waals surface area contributed by atoms with Crippen LogP contribution in [0.2, 0.25) is 0 Å². The first kappa shape index (κ1) is 14.3. The van der Waals surface area contributed by atoms with Crippen LogP contribution in [0.3, 0.4) is 0 Å². The first-order valence-corrected chi connectivity index (χ1v) is 6.97. The van der Waals surface area contributed by atoms with Gasteiger partial charge in [-0.05, 0) is 38.3 Å². The number of anilines is 1. The number of aliphatic hydroxyl groups is 2. The zero-order valence-electron chi connectivity index (χ0n) is 12.1. The van der Waals surface area contributed by atoms with E-state index in [1.165, 1.54) is 0 Å². The Labute approximate surface area is 115 Å². The van der Waals surface area contributed by atoms with Crippen molar-refractivity contribution >= 4 is 5.82 Å². The second-order valence-corrected chi connectivity index (χ2v) is 5.83. The first-order chi connectivity index (χ1) is 8.95. The lowest BCUT2D eigenvalue weighted by atomic mass is 10.0. The maximum Gasteiger partial charge on any atom is 0.134 e. The van der Waals surface area contributed by atoms with Crippen LogP contribution in [0.15, 0.2) is 6.07 Å². The Morgan fingerprint density at radius 3 is 2.53 bits per heavy atom. The lowest BCUT2D eigenvalue weighted by molar-refractivity contribution is 0.0557. The van der Waals surface area contributed by atoms with Crippen LogP contribution < -0.4 is 4.90 Å². The molecule has 0 bridgehead atoms. The van der Waals surface area contributed by atoms with E-state index in [2.05, 4.69) is 4.98 Å². The summed E-state index contributed by atoms with van der Waals surface area (Å²) in [7, 11) is 1.94. The Balaban J connectivity index is 2.25. The van der Waals surface area contributed by atoms with Crippen LogP contribution in [0.5, 0.6) is 0 Å². The summed E-state index contributed by atoms with van der Waals surface area (Å²) in [5, 5.41) is 20.0. The van der Waals surface area contributed by atoms with Crippen molar-refractivity contribution in [2.45, 2.75) is 51.7 Å². The molecule has 1 saturated carbocycles. The molecule has 0 saturated heterocycles. The van der Waals surface area contributed by atoms with Gasteiger partial charge in [-0.25, -0.2) is 4.98 Å². The van der Waals surface area contributed by atoms with Crippen LogP contribution in [-0.2, 0) is 6.61 Å². The van der Waals surface area contributed by atoms with Crippen LogP contribution in [0.1, 0.15) is 42.5 Å². The Morgan fingerprint density at radius 2 is 1.95 bits per heavy atom. The molecule has 4 heteroatoms. The highest BCUT2D eigenvalue weighted by Crippen LogP contribution is 2.32. The van der Waals surface area contributed by atoms with E-state index in [-0.39, 0.29) is 6.61 Å². The predicted octanol–water partition coefficient (Wildman–Crippen LogP) is 1.93. The molecule has 19 heavy (non-hydrogen) atoms. The van der Waals surface area contributed by atoms with Gasteiger partial charge >= 0.3 is 0 Å². The molecule has 1 heterocycles. The smallest absolute Gasteiger partial charge is 0.134 e. The molecule has 0 atom stereocenters. The summed E-state index contributed by atoms with van der Waals surface area (Å²) in [6, 6.07) is 1.98. The van der Waals surface area contributed by atoms with E-state index in [4.69, 9.17) is 0 Å². The van der Waals surface area contributed by atoms with E-state index >= 15 is 0 Å². The van der Waals surface area contributed by atoms with Crippen LogP contribution >= 0.6 is 0 Å². The molecule has 1 aliphatic rings. The van der Waals surface area contributed by atoms with Crippen molar-refractivity contribution in [3.05, 3.63) is 22.9 Å². The molecular formula is C15H24N2O2. The Kier molecular flexibility index (Phi) is 4.11. The number of nitrogens with zero attached hydrogens (tertiary/aromatic N) is 2. The molecule has 0 unspecified atom stereocenters. The van der Waals surface area contributed by atoms with Crippen molar-refractivity contribution in [1.82, 2.24) is 4.98 Å². The molecule has 1 fully saturated rings. The molecule has 0 aliphatic heterocycles. The molecule has 106 valence electrons. The lowest BCUT2D eigenvalue weighted by Crippen LogP contribution is -2.40. The van der Waals surface area contributed by atoms with Gasteiger partial charge in [-0.1, -0.05) is 12.8 Å². The van der Waals surface area contributed by atoms with Gasteiger partial charge in [0.15, 0.2) is 0 Å². The van der Waals surface area contributed by atoms with Crippen molar-refractivity contribution in [3.8, 4) is 0 Å². The van der Waals surface area contributed by atoms with Gasteiger partial charge in [0.05, 0.1) is 12.2 Å². The number of aryl methyl sites for hydroxylation is 2. The van der Waals surface area contributed by atoms with Gasteiger partial charge in [0, 0.05) is 24.8 Å². The Morgan fingerprint density at radius 1 is 1.32 bits per heavy atom. The molecule has 2 N–H and O–H groups in total. The van der Waals surface area contributed by atoms with E-state index in [9.17, 15) is 10.2 Å². The third-order valence-electron chi connectivity index (χ3n) is 4.04. The summed E-state index contributed by atoms with van der Waals surface area (Å²) in [6.07, 6.45) is 3.90. The largest absolute Gasteiger partial charge is 0.392 e. The second-order valence-electron chi connectivity index (χ2n) is 5.83. The van der Waals surface area contributed by atoms with E-state index in [1.807, 2.05) is 31.9 Å². The van der Waals surface area contributed by atoms with Crippen LogP contribution in [-0.4, -0.2) is 34.4 Å². The van der Waals surface area contributed by atoms with Crippen LogP contribution in [0, 0.1) is 13.8 Å². The highest BCUT2D eigenvalue weighted by molar-refractivity contribution is 5.51. The van der Waals surface area contributed by atoms with Gasteiger partial charge in [-0.3, -0.25) is 0 Å². The summed E-state index contributed by atoms with van der Waals surface area (Å²) in [4.78, 5) is 6.52. The summed E-state index contributed by atoms with van der Waals surface area (Å²) < 4.78 is 0. The van der Waals surface area contributed by atoms with E-state index in [0.717, 1.165) is 48.3 Å². The zero-order chi connectivity index (χ0) is 14.0. The summed E-state index contributed by atoms with van der Waals surface area (Å²) in [5.74, 6) is 0.792. The first-order valence-electron chi connectivity index (χ1n) is 6.97. The minimum absolute atomic E-state index is 0.0167. The molecule has 0 radical (unpaired) electrons. The Bertz CT molecular complexity index is 454. The average molecular weight is 264 g/mol. The SMILES string of the molecule is Cc1cc(C)c(CO)c(N(C)CC2(O)CCCC2)n1. The van der Waals surface area contributed by atoms with Gasteiger partial charge in [-0.2, -0.15) is 0 Å². The summed E-state index contributed by atoms with van der Waals surface area (Å²) in [5.41, 5.74) is 2.25. The van der Waals surface area contributed by atoms with Crippen molar-refractivity contribution in [2.24, 2.45) is 0 Å². The van der Waals surface area contributed by atoms with Gasteiger partial charge in [0.1, 0.15) is 5.82 Å². The van der Waals surface area contributed by atoms with Crippen LogP contribution in [0.4, 0.5) is 5.82 Å². The van der Waals surface area contributed by atoms with E-state index in [0.29, 0.717) is 6.54 Å². The third-order valence-corrected chi connectivity index (χ3v) is 4.04. The molecule has 4 nitrogen and oxygen atoms in total. The average Bonchev–Trinajstić information content (AvgIpc) is 2.74. The number of hydrogen-bond donors (Lipinski definition) is 2. The fourth-order valence-corrected chi connectivity index (χ4v) is 3.06. The zero-order valence-corrected chi connectivity index (χ0v) is 12.1. The normalized spacial score (nSPS) is 17.7. The maximum absolute atomic E-state index is 10.5. The highest BCUT2D eigenvalue weighted by atomic mass is 16.3. The number of rotatable bonds is 4. The quantitative estimate of drug-likeness (QED) is 0.872. The predicted molar refractivity (Wildman–Crippen MR) is 76.3 cm³/mol. The summed E-state index contributed by atoms with van der Waals surface area (Å²) in [6.45, 7) is 4.50. The highest BCUT2D eigenvalue weighted by Gasteiger charge is 2.33. The van der Waals surface area contributed by atoms with Gasteiger partial charge in [0.25, 0.3) is 0 Å². The van der Waals surface area contributed by atoms with Crippen molar-refractivity contribution in [2.75, 3.05) is 18.5 Å². The van der Waals surface area contributed by atoms with E-state index < -0.39 is 5.60 Å². The molecule has 1 aromatic heterocycles. The second kappa shape index (κ2) is 5.47. The number of aromatic nitrogens is 1. The molecule has 0 amide bonds. The third kappa shape index (κ3) is 3.07. The molecule has 2 rings (SSSR count). The number of pyridine rings is 1. The minimum Gasteiger partial charge on any atom is -0.392 e. The standard InChI is InChI=1S/C15H24N2O2/c1-11-8-12(2)16-14(13(11)9-18)17(3)10-15(19)6-4-5-7-15/h8,18-19H,4-7,9-10H2,1-3H3. The number of hydrogen-bond acceptors (Lipinski definition) is 4. The van der Waals surface area contributed by atoms with Crippen molar-refractivity contribution in [3.63, 3.8) is 0 Å². The molecule has 0 aromatic carbocycles. The van der Waals surface area contributed by atoms with Gasteiger partial charge < -0.3 is 15.1 Å².